The Hall–Kier alpha value is -4.73. The predicted molar refractivity (Wildman–Crippen MR) is 158 cm³/mol. The molecular weight excluding hydrogens is 600 g/mol. The number of carboxylic acid groups (broad SMARTS) is 1. The fraction of sp³-hybridized carbons (Fsp3) is 0.414. The third kappa shape index (κ3) is 6.69. The van der Waals surface area contributed by atoms with Crippen molar-refractivity contribution in [1.29, 1.82) is 0 Å². The first-order chi connectivity index (χ1) is 21.2. The van der Waals surface area contributed by atoms with Crippen LogP contribution in [-0.2, 0) is 13.2 Å². The summed E-state index contributed by atoms with van der Waals surface area (Å²) < 4.78 is 58.1. The molecule has 2 N–H and O–H groups in total. The number of alkyl halides is 3. The lowest BCUT2D eigenvalue weighted by molar-refractivity contribution is -0.138. The molecule has 4 heterocycles. The molecule has 0 radical (unpaired) electrons. The lowest BCUT2D eigenvalue weighted by atomic mass is 10.0. The molecular formula is C29H32F4N8O4. The quantitative estimate of drug-likeness (QED) is 0.408. The fourth-order valence-electron chi connectivity index (χ4n) is 5.37. The summed E-state index contributed by atoms with van der Waals surface area (Å²) in [5.41, 5.74) is -2.44. The van der Waals surface area contributed by atoms with E-state index in [2.05, 4.69) is 20.2 Å². The van der Waals surface area contributed by atoms with Gasteiger partial charge in [-0.3, -0.25) is 9.59 Å². The number of aromatic nitrogens is 3. The Kier molecular flexibility index (Phi) is 8.69. The first-order valence-electron chi connectivity index (χ1n) is 14.2. The summed E-state index contributed by atoms with van der Waals surface area (Å²) in [5, 5.41) is 11.7. The molecule has 0 saturated carbocycles. The number of likely N-dealkylation sites (N-methyl/N-ethyl adjacent to an activating group) is 1. The minimum atomic E-state index is -4.97. The number of nitrogens with one attached hydrogen (secondary N) is 1. The van der Waals surface area contributed by atoms with Crippen LogP contribution in [0.1, 0.15) is 22.8 Å². The number of halogens is 4. The number of benzene rings is 1. The summed E-state index contributed by atoms with van der Waals surface area (Å²) in [6, 6.07) is 3.01. The smallest absolute Gasteiger partial charge is 0.417 e. The molecule has 1 atom stereocenters. The second-order valence-corrected chi connectivity index (χ2v) is 11.2. The SMILES string of the molecule is CC1CN(c2cc(F)c(-c3cnc(N4CCN(C(=O)O)CC4)nc3)cc2NC(=O)c2cn(C)c(=O)cc2C(F)(F)F)CCN1C. The van der Waals surface area contributed by atoms with E-state index in [1.807, 2.05) is 18.9 Å². The molecule has 240 valence electrons. The van der Waals surface area contributed by atoms with Crippen LogP contribution in [0.15, 0.2) is 41.6 Å². The molecule has 2 aliphatic heterocycles. The lowest BCUT2D eigenvalue weighted by Gasteiger charge is -2.39. The van der Waals surface area contributed by atoms with Gasteiger partial charge in [-0.2, -0.15) is 13.2 Å². The number of carbonyl (C=O) groups is 2. The highest BCUT2D eigenvalue weighted by Crippen LogP contribution is 2.37. The third-order valence-corrected chi connectivity index (χ3v) is 8.19. The topological polar surface area (TPSA) is 127 Å². The number of anilines is 3. The Morgan fingerprint density at radius 3 is 2.22 bits per heavy atom. The molecule has 2 fully saturated rings. The van der Waals surface area contributed by atoms with Gasteiger partial charge in [0.2, 0.25) is 5.95 Å². The van der Waals surface area contributed by atoms with Gasteiger partial charge < -0.3 is 34.6 Å². The van der Waals surface area contributed by atoms with Crippen LogP contribution in [0.4, 0.5) is 39.7 Å². The first-order valence-corrected chi connectivity index (χ1v) is 14.2. The number of hydrogen-bond acceptors (Lipinski definition) is 8. The van der Waals surface area contributed by atoms with E-state index in [9.17, 15) is 32.7 Å². The minimum absolute atomic E-state index is 0.00924. The van der Waals surface area contributed by atoms with Gasteiger partial charge in [0.25, 0.3) is 11.5 Å². The third-order valence-electron chi connectivity index (χ3n) is 8.19. The molecule has 1 unspecified atom stereocenters. The average Bonchev–Trinajstić information content (AvgIpc) is 3.00. The standard InChI is InChI=1S/C29H32F4N8O4/c1-17-15-41(5-4-37(17)2)24-12-22(30)19(18-13-34-27(35-14-18)39-6-8-40(9-7-39)28(44)45)10-23(24)36-26(43)20-16-38(3)25(42)11-21(20)29(31,32)33/h10-14,16-17H,4-9,15H2,1-3H3,(H,36,43)(H,44,45). The Morgan fingerprint density at radius 1 is 0.978 bits per heavy atom. The van der Waals surface area contributed by atoms with E-state index < -0.39 is 40.7 Å². The zero-order chi connectivity index (χ0) is 32.6. The summed E-state index contributed by atoms with van der Waals surface area (Å²) >= 11 is 0. The van der Waals surface area contributed by atoms with Crippen LogP contribution in [0.5, 0.6) is 0 Å². The maximum atomic E-state index is 15.7. The Labute approximate surface area is 255 Å². The number of aryl methyl sites for hydroxylation is 1. The molecule has 5 rings (SSSR count). The van der Waals surface area contributed by atoms with Crippen LogP contribution < -0.4 is 20.7 Å². The normalized spacial score (nSPS) is 17.8. The van der Waals surface area contributed by atoms with Crippen molar-refractivity contribution in [3.63, 3.8) is 0 Å². The largest absolute Gasteiger partial charge is 0.465 e. The predicted octanol–water partition coefficient (Wildman–Crippen LogP) is 3.19. The van der Waals surface area contributed by atoms with Crippen LogP contribution in [0, 0.1) is 5.82 Å². The zero-order valence-electron chi connectivity index (χ0n) is 24.8. The molecule has 2 aliphatic rings. The fourth-order valence-corrected chi connectivity index (χ4v) is 5.37. The van der Waals surface area contributed by atoms with E-state index in [0.717, 1.165) is 10.8 Å². The van der Waals surface area contributed by atoms with Gasteiger partial charge in [0, 0.05) is 94.7 Å². The van der Waals surface area contributed by atoms with Crippen LogP contribution in [0.25, 0.3) is 11.1 Å². The summed E-state index contributed by atoms with van der Waals surface area (Å²) in [6.07, 6.45) is -2.37. The van der Waals surface area contributed by atoms with E-state index in [-0.39, 0.29) is 41.6 Å². The van der Waals surface area contributed by atoms with Crippen molar-refractivity contribution in [3.8, 4) is 11.1 Å². The van der Waals surface area contributed by atoms with Gasteiger partial charge in [0.05, 0.1) is 22.5 Å². The summed E-state index contributed by atoms with van der Waals surface area (Å²) in [7, 11) is 3.18. The van der Waals surface area contributed by atoms with Crippen molar-refractivity contribution in [2.24, 2.45) is 7.05 Å². The van der Waals surface area contributed by atoms with Gasteiger partial charge in [-0.1, -0.05) is 0 Å². The molecule has 1 aromatic carbocycles. The van der Waals surface area contributed by atoms with Gasteiger partial charge in [0.15, 0.2) is 0 Å². The van der Waals surface area contributed by atoms with Crippen LogP contribution in [0.3, 0.4) is 0 Å². The second-order valence-electron chi connectivity index (χ2n) is 11.2. The van der Waals surface area contributed by atoms with Crippen molar-refractivity contribution < 1.29 is 32.3 Å². The minimum Gasteiger partial charge on any atom is -0.465 e. The van der Waals surface area contributed by atoms with E-state index in [4.69, 9.17) is 0 Å². The molecule has 0 aliphatic carbocycles. The van der Waals surface area contributed by atoms with Gasteiger partial charge >= 0.3 is 12.3 Å². The van der Waals surface area contributed by atoms with E-state index >= 15 is 4.39 Å². The second kappa shape index (κ2) is 12.3. The first kappa shape index (κ1) is 31.7. The molecule has 2 amide bonds. The van der Waals surface area contributed by atoms with E-state index in [1.165, 1.54) is 36.5 Å². The highest BCUT2D eigenvalue weighted by Gasteiger charge is 2.36. The molecule has 45 heavy (non-hydrogen) atoms. The molecule has 0 spiro atoms. The van der Waals surface area contributed by atoms with Crippen molar-refractivity contribution in [1.82, 2.24) is 24.3 Å². The number of piperazine rings is 2. The zero-order valence-corrected chi connectivity index (χ0v) is 24.8. The summed E-state index contributed by atoms with van der Waals surface area (Å²) in [5.74, 6) is -1.44. The number of carbonyl (C=O) groups excluding carboxylic acids is 1. The van der Waals surface area contributed by atoms with Crippen molar-refractivity contribution in [2.75, 3.05) is 68.0 Å². The number of pyridine rings is 1. The Balaban J connectivity index is 1.50. The summed E-state index contributed by atoms with van der Waals surface area (Å²) in [6.45, 7) is 4.86. The maximum absolute atomic E-state index is 15.7. The average molecular weight is 633 g/mol. The molecule has 16 heteroatoms. The molecule has 2 saturated heterocycles. The van der Waals surface area contributed by atoms with Gasteiger partial charge in [0.1, 0.15) is 5.82 Å². The Bertz CT molecular complexity index is 1660. The van der Waals surface area contributed by atoms with Crippen LogP contribution in [-0.4, -0.2) is 100 Å². The number of amides is 2. The van der Waals surface area contributed by atoms with Crippen LogP contribution in [0.2, 0.25) is 0 Å². The van der Waals surface area contributed by atoms with Gasteiger partial charge in [-0.05, 0) is 26.1 Å². The molecule has 12 nitrogen and oxygen atoms in total. The summed E-state index contributed by atoms with van der Waals surface area (Å²) in [4.78, 5) is 52.3. The molecule has 3 aromatic rings. The Morgan fingerprint density at radius 2 is 1.62 bits per heavy atom. The van der Waals surface area contributed by atoms with Gasteiger partial charge in [-0.25, -0.2) is 19.2 Å². The molecule has 2 aromatic heterocycles. The lowest BCUT2D eigenvalue weighted by Crippen LogP contribution is -2.50. The number of hydrogen-bond donors (Lipinski definition) is 2. The highest BCUT2D eigenvalue weighted by molar-refractivity contribution is 6.07. The van der Waals surface area contributed by atoms with E-state index in [0.29, 0.717) is 44.7 Å². The van der Waals surface area contributed by atoms with Crippen molar-refractivity contribution in [2.45, 2.75) is 19.1 Å². The van der Waals surface area contributed by atoms with Crippen molar-refractivity contribution in [3.05, 3.63) is 64.1 Å². The number of rotatable bonds is 5. The van der Waals surface area contributed by atoms with E-state index in [1.54, 1.807) is 4.90 Å². The van der Waals surface area contributed by atoms with Gasteiger partial charge in [-0.15, -0.1) is 0 Å². The van der Waals surface area contributed by atoms with Crippen molar-refractivity contribution >= 4 is 29.3 Å². The monoisotopic (exact) mass is 632 g/mol. The highest BCUT2D eigenvalue weighted by atomic mass is 19.4. The maximum Gasteiger partial charge on any atom is 0.417 e. The number of nitrogens with zero attached hydrogens (tertiary/aromatic N) is 7. The van der Waals surface area contributed by atoms with Crippen LogP contribution >= 0.6 is 0 Å². The molecule has 0 bridgehead atoms.